The summed E-state index contributed by atoms with van der Waals surface area (Å²) in [4.78, 5) is 16.7. The van der Waals surface area contributed by atoms with E-state index >= 15 is 0 Å². The first-order chi connectivity index (χ1) is 10.2. The van der Waals surface area contributed by atoms with Crippen molar-refractivity contribution >= 4 is 11.6 Å². The van der Waals surface area contributed by atoms with Crippen molar-refractivity contribution in [3.63, 3.8) is 0 Å². The van der Waals surface area contributed by atoms with Crippen LogP contribution in [0.15, 0.2) is 24.3 Å². The van der Waals surface area contributed by atoms with Crippen LogP contribution < -0.4 is 10.2 Å². The van der Waals surface area contributed by atoms with Crippen molar-refractivity contribution in [3.05, 3.63) is 29.8 Å². The third-order valence-electron chi connectivity index (χ3n) is 4.16. The van der Waals surface area contributed by atoms with Crippen molar-refractivity contribution in [1.82, 2.24) is 10.2 Å². The first-order valence-electron chi connectivity index (χ1n) is 7.67. The third-order valence-corrected chi connectivity index (χ3v) is 4.16. The molecule has 2 aliphatic heterocycles. The van der Waals surface area contributed by atoms with Gasteiger partial charge in [-0.25, -0.2) is 0 Å². The number of anilines is 1. The van der Waals surface area contributed by atoms with Gasteiger partial charge < -0.3 is 19.9 Å². The van der Waals surface area contributed by atoms with E-state index in [1.807, 2.05) is 4.90 Å². The van der Waals surface area contributed by atoms with Crippen molar-refractivity contribution in [2.24, 2.45) is 0 Å². The van der Waals surface area contributed by atoms with E-state index in [4.69, 9.17) is 4.74 Å². The Balaban J connectivity index is 1.56. The van der Waals surface area contributed by atoms with E-state index in [1.54, 1.807) is 0 Å². The Morgan fingerprint density at radius 2 is 2.10 bits per heavy atom. The molecular formula is C16H23N3O2. The molecule has 0 bridgehead atoms. The Labute approximate surface area is 125 Å². The van der Waals surface area contributed by atoms with Crippen LogP contribution in [0, 0.1) is 6.92 Å². The van der Waals surface area contributed by atoms with Gasteiger partial charge in [0.15, 0.2) is 0 Å². The number of rotatable bonds is 2. The standard InChI is InChI=1S/C16H23N3O2/c1-13-3-2-4-14(11-13)18-6-8-19(9-7-18)16(20)15-12-17-5-10-21-15/h2-4,11,15,17H,5-10,12H2,1H3. The average molecular weight is 289 g/mol. The summed E-state index contributed by atoms with van der Waals surface area (Å²) < 4.78 is 5.55. The fraction of sp³-hybridized carbons (Fsp3) is 0.562. The zero-order valence-corrected chi connectivity index (χ0v) is 12.5. The molecule has 1 N–H and O–H groups in total. The van der Waals surface area contributed by atoms with Gasteiger partial charge in [-0.2, -0.15) is 0 Å². The van der Waals surface area contributed by atoms with Crippen molar-refractivity contribution < 1.29 is 9.53 Å². The van der Waals surface area contributed by atoms with Crippen LogP contribution >= 0.6 is 0 Å². The summed E-state index contributed by atoms with van der Waals surface area (Å²) in [7, 11) is 0. The zero-order valence-electron chi connectivity index (χ0n) is 12.5. The van der Waals surface area contributed by atoms with E-state index < -0.39 is 0 Å². The molecule has 2 aliphatic rings. The van der Waals surface area contributed by atoms with Crippen LogP contribution in [-0.2, 0) is 9.53 Å². The largest absolute Gasteiger partial charge is 0.368 e. The highest BCUT2D eigenvalue weighted by Crippen LogP contribution is 2.18. The lowest BCUT2D eigenvalue weighted by atomic mass is 10.2. The predicted octanol–water partition coefficient (Wildman–Crippen LogP) is 0.632. The second-order valence-electron chi connectivity index (χ2n) is 5.71. The molecule has 0 radical (unpaired) electrons. The second kappa shape index (κ2) is 6.45. The highest BCUT2D eigenvalue weighted by Gasteiger charge is 2.29. The van der Waals surface area contributed by atoms with Crippen molar-refractivity contribution in [3.8, 4) is 0 Å². The summed E-state index contributed by atoms with van der Waals surface area (Å²) in [5.41, 5.74) is 2.52. The van der Waals surface area contributed by atoms with Gasteiger partial charge in [-0.3, -0.25) is 4.79 Å². The Hall–Kier alpha value is -1.59. The molecule has 5 heteroatoms. The van der Waals surface area contributed by atoms with E-state index in [1.165, 1.54) is 11.3 Å². The second-order valence-corrected chi connectivity index (χ2v) is 5.71. The Kier molecular flexibility index (Phi) is 4.41. The average Bonchev–Trinajstić information content (AvgIpc) is 2.55. The van der Waals surface area contributed by atoms with Gasteiger partial charge in [-0.05, 0) is 24.6 Å². The van der Waals surface area contributed by atoms with Gasteiger partial charge in [0.2, 0.25) is 0 Å². The van der Waals surface area contributed by atoms with Gasteiger partial charge in [0.1, 0.15) is 6.10 Å². The highest BCUT2D eigenvalue weighted by molar-refractivity contribution is 5.81. The monoisotopic (exact) mass is 289 g/mol. The highest BCUT2D eigenvalue weighted by atomic mass is 16.5. The topological polar surface area (TPSA) is 44.8 Å². The van der Waals surface area contributed by atoms with Crippen LogP contribution in [-0.4, -0.2) is 62.8 Å². The number of aryl methyl sites for hydroxylation is 1. The molecule has 5 nitrogen and oxygen atoms in total. The molecule has 3 rings (SSSR count). The molecule has 2 heterocycles. The fourth-order valence-electron chi connectivity index (χ4n) is 2.94. The molecular weight excluding hydrogens is 266 g/mol. The molecule has 21 heavy (non-hydrogen) atoms. The lowest BCUT2D eigenvalue weighted by Crippen LogP contribution is -2.55. The lowest BCUT2D eigenvalue weighted by molar-refractivity contribution is -0.145. The summed E-state index contributed by atoms with van der Waals surface area (Å²) in [6.45, 7) is 7.52. The number of hydrogen-bond acceptors (Lipinski definition) is 4. The number of piperazine rings is 1. The SMILES string of the molecule is Cc1cccc(N2CCN(C(=O)C3CNCCO3)CC2)c1. The smallest absolute Gasteiger partial charge is 0.253 e. The maximum atomic E-state index is 12.4. The van der Waals surface area contributed by atoms with Crippen molar-refractivity contribution in [1.29, 1.82) is 0 Å². The molecule has 0 aromatic heterocycles. The molecule has 2 fully saturated rings. The number of hydrogen-bond donors (Lipinski definition) is 1. The van der Waals surface area contributed by atoms with Gasteiger partial charge in [0.05, 0.1) is 6.61 Å². The van der Waals surface area contributed by atoms with Crippen LogP contribution in [0.2, 0.25) is 0 Å². The maximum Gasteiger partial charge on any atom is 0.253 e. The van der Waals surface area contributed by atoms with Crippen molar-refractivity contribution in [2.45, 2.75) is 13.0 Å². The quantitative estimate of drug-likeness (QED) is 0.867. The van der Waals surface area contributed by atoms with Crippen LogP contribution in [0.3, 0.4) is 0 Å². The van der Waals surface area contributed by atoms with E-state index in [0.717, 1.165) is 32.7 Å². The van der Waals surface area contributed by atoms with Crippen molar-refractivity contribution in [2.75, 3.05) is 50.8 Å². The summed E-state index contributed by atoms with van der Waals surface area (Å²) in [6.07, 6.45) is -0.302. The third kappa shape index (κ3) is 3.36. The summed E-state index contributed by atoms with van der Waals surface area (Å²) in [6, 6.07) is 8.53. The Morgan fingerprint density at radius 1 is 1.29 bits per heavy atom. The number of carbonyl (C=O) groups is 1. The summed E-state index contributed by atoms with van der Waals surface area (Å²) in [5.74, 6) is 0.131. The van der Waals surface area contributed by atoms with E-state index in [0.29, 0.717) is 13.2 Å². The summed E-state index contributed by atoms with van der Waals surface area (Å²) >= 11 is 0. The molecule has 1 aromatic rings. The summed E-state index contributed by atoms with van der Waals surface area (Å²) in [5, 5.41) is 3.21. The minimum absolute atomic E-state index is 0.131. The molecule has 1 amide bonds. The first kappa shape index (κ1) is 14.4. The van der Waals surface area contributed by atoms with Crippen LogP contribution in [0.25, 0.3) is 0 Å². The lowest BCUT2D eigenvalue weighted by Gasteiger charge is -2.38. The molecule has 114 valence electrons. The van der Waals surface area contributed by atoms with E-state index in [-0.39, 0.29) is 12.0 Å². The molecule has 0 saturated carbocycles. The minimum Gasteiger partial charge on any atom is -0.368 e. The molecule has 2 saturated heterocycles. The van der Waals surface area contributed by atoms with Crippen LogP contribution in [0.4, 0.5) is 5.69 Å². The Bertz CT molecular complexity index is 492. The maximum absolute atomic E-state index is 12.4. The normalized spacial score (nSPS) is 23.2. The molecule has 0 aliphatic carbocycles. The van der Waals surface area contributed by atoms with Gasteiger partial charge in [0, 0.05) is 45.0 Å². The molecule has 1 unspecified atom stereocenters. The number of carbonyl (C=O) groups excluding carboxylic acids is 1. The van der Waals surface area contributed by atoms with Gasteiger partial charge >= 0.3 is 0 Å². The predicted molar refractivity (Wildman–Crippen MR) is 82.6 cm³/mol. The van der Waals surface area contributed by atoms with Gasteiger partial charge in [-0.1, -0.05) is 12.1 Å². The molecule has 0 spiro atoms. The number of amides is 1. The van der Waals surface area contributed by atoms with Crippen LogP contribution in [0.5, 0.6) is 0 Å². The number of nitrogens with zero attached hydrogens (tertiary/aromatic N) is 2. The Morgan fingerprint density at radius 3 is 2.76 bits per heavy atom. The zero-order chi connectivity index (χ0) is 14.7. The van der Waals surface area contributed by atoms with Gasteiger partial charge in [0.25, 0.3) is 5.91 Å². The minimum atomic E-state index is -0.302. The number of morpholine rings is 1. The fourth-order valence-corrected chi connectivity index (χ4v) is 2.94. The van der Waals surface area contributed by atoms with Gasteiger partial charge in [-0.15, -0.1) is 0 Å². The first-order valence-corrected chi connectivity index (χ1v) is 7.67. The number of benzene rings is 1. The molecule has 1 atom stereocenters. The molecule has 1 aromatic carbocycles. The van der Waals surface area contributed by atoms with E-state index in [9.17, 15) is 4.79 Å². The van der Waals surface area contributed by atoms with Crippen LogP contribution in [0.1, 0.15) is 5.56 Å². The number of ether oxygens (including phenoxy) is 1. The number of nitrogens with one attached hydrogen (secondary N) is 1. The van der Waals surface area contributed by atoms with E-state index in [2.05, 4.69) is 41.4 Å².